The van der Waals surface area contributed by atoms with Crippen LogP contribution in [0.25, 0.3) is 0 Å². The minimum atomic E-state index is -1.24. The topological polar surface area (TPSA) is 108 Å². The van der Waals surface area contributed by atoms with Gasteiger partial charge in [0.2, 0.25) is 5.91 Å². The van der Waals surface area contributed by atoms with Gasteiger partial charge in [-0.15, -0.1) is 0 Å². The number of amides is 2. The number of nitrogens with one attached hydrogen (secondary N) is 2. The molecular formula is C19H24N2O5. The summed E-state index contributed by atoms with van der Waals surface area (Å²) in [5.74, 6) is -0.279. The lowest BCUT2D eigenvalue weighted by Crippen LogP contribution is -2.54. The van der Waals surface area contributed by atoms with Gasteiger partial charge in [0.25, 0.3) is 0 Å². The maximum Gasteiger partial charge on any atom is 0.405 e. The van der Waals surface area contributed by atoms with Gasteiger partial charge in [0.05, 0.1) is 12.6 Å². The molecule has 1 aromatic rings. The fourth-order valence-corrected chi connectivity index (χ4v) is 3.02. The predicted octanol–water partition coefficient (Wildman–Crippen LogP) is 1.51. The first-order valence-corrected chi connectivity index (χ1v) is 8.89. The van der Waals surface area contributed by atoms with Gasteiger partial charge in [-0.05, 0) is 31.2 Å². The molecule has 0 aromatic heterocycles. The molecule has 1 heterocycles. The molecule has 1 saturated heterocycles. The van der Waals surface area contributed by atoms with E-state index in [4.69, 9.17) is 9.84 Å². The van der Waals surface area contributed by atoms with Crippen LogP contribution < -0.4 is 10.6 Å². The second-order valence-corrected chi connectivity index (χ2v) is 7.32. The number of rotatable bonds is 9. The van der Waals surface area contributed by atoms with Crippen LogP contribution in [0.1, 0.15) is 31.7 Å². The fraction of sp³-hybridized carbons (Fsp3) is 0.526. The number of benzene rings is 1. The van der Waals surface area contributed by atoms with E-state index in [2.05, 4.69) is 10.6 Å². The lowest BCUT2D eigenvalue weighted by atomic mass is 9.94. The maximum absolute atomic E-state index is 12.8. The molecule has 1 saturated carbocycles. The van der Waals surface area contributed by atoms with Crippen molar-refractivity contribution in [3.8, 4) is 0 Å². The van der Waals surface area contributed by atoms with E-state index in [1.54, 1.807) is 6.92 Å². The van der Waals surface area contributed by atoms with Crippen molar-refractivity contribution in [3.05, 3.63) is 35.9 Å². The summed E-state index contributed by atoms with van der Waals surface area (Å²) in [7, 11) is 0. The monoisotopic (exact) mass is 360 g/mol. The molecule has 140 valence electrons. The molecule has 3 N–H and O–H groups in total. The second kappa shape index (κ2) is 7.45. The van der Waals surface area contributed by atoms with Crippen molar-refractivity contribution in [2.45, 2.75) is 50.3 Å². The second-order valence-electron chi connectivity index (χ2n) is 7.32. The van der Waals surface area contributed by atoms with E-state index >= 15 is 0 Å². The van der Waals surface area contributed by atoms with Crippen LogP contribution in [0.2, 0.25) is 0 Å². The number of epoxide rings is 1. The van der Waals surface area contributed by atoms with Crippen LogP contribution in [-0.2, 0) is 20.7 Å². The van der Waals surface area contributed by atoms with E-state index in [9.17, 15) is 14.4 Å². The molecule has 7 heteroatoms. The molecule has 7 nitrogen and oxygen atoms in total. The van der Waals surface area contributed by atoms with Crippen molar-refractivity contribution in [1.29, 1.82) is 0 Å². The predicted molar refractivity (Wildman–Crippen MR) is 93.7 cm³/mol. The van der Waals surface area contributed by atoms with Crippen LogP contribution in [-0.4, -0.2) is 47.2 Å². The first kappa shape index (κ1) is 18.4. The molecule has 1 aromatic carbocycles. The standard InChI is InChI=1S/C19H24N2O5/c1-19(11-26-19)16(22)14(9-12-5-3-2-4-6-12)20-17(23)15(21-18(24)25)10-13-7-8-13/h2-6,13-15,21H,7-11H2,1H3,(H,20,23)(H,24,25). The van der Waals surface area contributed by atoms with Crippen LogP contribution >= 0.6 is 0 Å². The molecule has 1 aliphatic carbocycles. The number of Topliss-reactive ketones (excluding diaryl/α,β-unsaturated/α-hetero) is 1. The molecule has 3 atom stereocenters. The minimum Gasteiger partial charge on any atom is -0.465 e. The third-order valence-corrected chi connectivity index (χ3v) is 4.89. The number of hydrogen-bond donors (Lipinski definition) is 3. The number of carbonyl (C=O) groups is 3. The number of hydrogen-bond acceptors (Lipinski definition) is 4. The van der Waals surface area contributed by atoms with E-state index in [1.165, 1.54) is 0 Å². The van der Waals surface area contributed by atoms with Crippen LogP contribution in [0.4, 0.5) is 4.79 Å². The first-order chi connectivity index (χ1) is 12.4. The summed E-state index contributed by atoms with van der Waals surface area (Å²) < 4.78 is 5.25. The highest BCUT2D eigenvalue weighted by atomic mass is 16.6. The van der Waals surface area contributed by atoms with Gasteiger partial charge in [0.15, 0.2) is 5.78 Å². The van der Waals surface area contributed by atoms with Crippen molar-refractivity contribution in [2.24, 2.45) is 5.92 Å². The summed E-state index contributed by atoms with van der Waals surface area (Å²) in [6.45, 7) is 2.04. The minimum absolute atomic E-state index is 0.185. The van der Waals surface area contributed by atoms with Crippen LogP contribution in [0.15, 0.2) is 30.3 Å². The van der Waals surface area contributed by atoms with Gasteiger partial charge >= 0.3 is 6.09 Å². The Balaban J connectivity index is 1.71. The maximum atomic E-state index is 12.8. The Kier molecular flexibility index (Phi) is 5.27. The van der Waals surface area contributed by atoms with Gasteiger partial charge in [0.1, 0.15) is 11.6 Å². The molecule has 3 rings (SSSR count). The third kappa shape index (κ3) is 4.82. The zero-order valence-corrected chi connectivity index (χ0v) is 14.7. The summed E-state index contributed by atoms with van der Waals surface area (Å²) in [5.41, 5.74) is 0.0548. The number of ether oxygens (including phenoxy) is 1. The number of carboxylic acid groups (broad SMARTS) is 1. The Labute approximate surface area is 152 Å². The average Bonchev–Trinajstić information content (AvgIpc) is 3.52. The van der Waals surface area contributed by atoms with E-state index in [0.717, 1.165) is 18.4 Å². The van der Waals surface area contributed by atoms with Crippen molar-refractivity contribution in [2.75, 3.05) is 6.61 Å². The quantitative estimate of drug-likeness (QED) is 0.579. The molecule has 3 unspecified atom stereocenters. The molecule has 2 amide bonds. The molecule has 1 aliphatic heterocycles. The zero-order valence-electron chi connectivity index (χ0n) is 14.7. The number of ketones is 1. The molecule has 26 heavy (non-hydrogen) atoms. The normalized spacial score (nSPS) is 23.6. The van der Waals surface area contributed by atoms with Gasteiger partial charge in [-0.1, -0.05) is 43.2 Å². The van der Waals surface area contributed by atoms with Crippen molar-refractivity contribution < 1.29 is 24.2 Å². The molecular weight excluding hydrogens is 336 g/mol. The van der Waals surface area contributed by atoms with E-state index < -0.39 is 29.7 Å². The van der Waals surface area contributed by atoms with Crippen LogP contribution in [0.5, 0.6) is 0 Å². The van der Waals surface area contributed by atoms with E-state index in [1.807, 2.05) is 30.3 Å². The Morgan fingerprint density at radius 1 is 1.19 bits per heavy atom. The Bertz CT molecular complexity index is 682. The van der Waals surface area contributed by atoms with Crippen LogP contribution in [0.3, 0.4) is 0 Å². The van der Waals surface area contributed by atoms with Gasteiger partial charge in [-0.25, -0.2) is 4.79 Å². The molecule has 0 radical (unpaired) electrons. The molecule has 2 aliphatic rings. The molecule has 0 bridgehead atoms. The largest absolute Gasteiger partial charge is 0.465 e. The molecule has 0 spiro atoms. The first-order valence-electron chi connectivity index (χ1n) is 8.89. The average molecular weight is 360 g/mol. The number of carbonyl (C=O) groups excluding carboxylic acids is 2. The summed E-state index contributed by atoms with van der Waals surface area (Å²) >= 11 is 0. The van der Waals surface area contributed by atoms with Gasteiger partial charge in [-0.3, -0.25) is 9.59 Å². The van der Waals surface area contributed by atoms with Crippen LogP contribution in [0, 0.1) is 5.92 Å². The summed E-state index contributed by atoms with van der Waals surface area (Å²) in [6.07, 6.45) is 1.56. The van der Waals surface area contributed by atoms with Crippen molar-refractivity contribution in [3.63, 3.8) is 0 Å². The van der Waals surface area contributed by atoms with Gasteiger partial charge < -0.3 is 20.5 Å². The van der Waals surface area contributed by atoms with E-state index in [-0.39, 0.29) is 5.78 Å². The highest BCUT2D eigenvalue weighted by molar-refractivity contribution is 5.97. The fourth-order valence-electron chi connectivity index (χ4n) is 3.02. The Hall–Kier alpha value is -2.41. The lowest BCUT2D eigenvalue weighted by Gasteiger charge is -2.23. The highest BCUT2D eigenvalue weighted by Gasteiger charge is 2.50. The SMILES string of the molecule is CC1(C(=O)C(Cc2ccccc2)NC(=O)C(CC2CC2)NC(=O)O)CO1. The zero-order chi connectivity index (χ0) is 18.7. The lowest BCUT2D eigenvalue weighted by molar-refractivity contribution is -0.131. The summed E-state index contributed by atoms with van der Waals surface area (Å²) in [5, 5.41) is 14.0. The highest BCUT2D eigenvalue weighted by Crippen LogP contribution is 2.34. The van der Waals surface area contributed by atoms with Crippen molar-refractivity contribution >= 4 is 17.8 Å². The summed E-state index contributed by atoms with van der Waals surface area (Å²) in [4.78, 5) is 36.5. The van der Waals surface area contributed by atoms with Crippen molar-refractivity contribution in [1.82, 2.24) is 10.6 Å². The van der Waals surface area contributed by atoms with E-state index in [0.29, 0.717) is 25.4 Å². The molecule has 2 fully saturated rings. The van der Waals surface area contributed by atoms with Gasteiger partial charge in [-0.2, -0.15) is 0 Å². The third-order valence-electron chi connectivity index (χ3n) is 4.89. The van der Waals surface area contributed by atoms with Gasteiger partial charge in [0, 0.05) is 0 Å². The Morgan fingerprint density at radius 2 is 1.85 bits per heavy atom. The smallest absolute Gasteiger partial charge is 0.405 e. The summed E-state index contributed by atoms with van der Waals surface area (Å²) in [6, 6.07) is 7.80. The Morgan fingerprint density at radius 3 is 2.38 bits per heavy atom.